The number of thioether (sulfide) groups is 1. The number of carbonyl (C=O) groups excluding carboxylic acids is 1. The van der Waals surface area contributed by atoms with Crippen LogP contribution < -0.4 is 5.32 Å². The van der Waals surface area contributed by atoms with Gasteiger partial charge in [-0.1, -0.05) is 36.0 Å². The number of anilines is 1. The molecule has 0 spiro atoms. The molecule has 1 aromatic heterocycles. The molecule has 0 bridgehead atoms. The van der Waals surface area contributed by atoms with Crippen LogP contribution in [0.25, 0.3) is 10.9 Å². The Kier molecular flexibility index (Phi) is 4.57. The standard InChI is InChI=1S/C18H15FN2OS/c1-12(18(22)20-15-9-7-14(19)8-10-15)23-17-11-6-13-4-2-3-5-16(13)21-17/h2-12H,1H3,(H,20,22)/t12-/m1/s1. The van der Waals surface area contributed by atoms with Crippen LogP contribution in [0.1, 0.15) is 6.92 Å². The number of para-hydroxylation sites is 1. The summed E-state index contributed by atoms with van der Waals surface area (Å²) in [6, 6.07) is 17.5. The van der Waals surface area contributed by atoms with Crippen LogP contribution in [-0.4, -0.2) is 16.1 Å². The number of amides is 1. The fourth-order valence-electron chi connectivity index (χ4n) is 2.12. The van der Waals surface area contributed by atoms with Crippen molar-refractivity contribution in [1.82, 2.24) is 4.98 Å². The second-order valence-electron chi connectivity index (χ2n) is 5.10. The molecule has 1 N–H and O–H groups in total. The molecule has 3 aromatic rings. The Morgan fingerprint density at radius 2 is 1.83 bits per heavy atom. The molecule has 0 radical (unpaired) electrons. The third-order valence-electron chi connectivity index (χ3n) is 3.35. The largest absolute Gasteiger partial charge is 0.325 e. The van der Waals surface area contributed by atoms with E-state index in [9.17, 15) is 9.18 Å². The van der Waals surface area contributed by atoms with E-state index in [0.29, 0.717) is 5.69 Å². The number of nitrogens with zero attached hydrogens (tertiary/aromatic N) is 1. The summed E-state index contributed by atoms with van der Waals surface area (Å²) < 4.78 is 12.9. The van der Waals surface area contributed by atoms with Crippen molar-refractivity contribution in [3.8, 4) is 0 Å². The molecule has 0 unspecified atom stereocenters. The molecule has 0 aliphatic rings. The maximum Gasteiger partial charge on any atom is 0.237 e. The van der Waals surface area contributed by atoms with Crippen molar-refractivity contribution in [2.24, 2.45) is 0 Å². The van der Waals surface area contributed by atoms with Crippen LogP contribution >= 0.6 is 11.8 Å². The number of hydrogen-bond acceptors (Lipinski definition) is 3. The van der Waals surface area contributed by atoms with Crippen LogP contribution in [0.15, 0.2) is 65.7 Å². The maximum atomic E-state index is 12.9. The van der Waals surface area contributed by atoms with Crippen molar-refractivity contribution in [3.63, 3.8) is 0 Å². The molecule has 1 amide bonds. The van der Waals surface area contributed by atoms with E-state index in [1.54, 1.807) is 12.1 Å². The molecule has 0 saturated carbocycles. The van der Waals surface area contributed by atoms with Crippen molar-refractivity contribution in [2.75, 3.05) is 5.32 Å². The van der Waals surface area contributed by atoms with E-state index in [1.807, 2.05) is 43.3 Å². The van der Waals surface area contributed by atoms with E-state index in [4.69, 9.17) is 0 Å². The van der Waals surface area contributed by atoms with Gasteiger partial charge in [0.1, 0.15) is 5.82 Å². The predicted octanol–water partition coefficient (Wildman–Crippen LogP) is 4.49. The van der Waals surface area contributed by atoms with Crippen LogP contribution in [0.3, 0.4) is 0 Å². The summed E-state index contributed by atoms with van der Waals surface area (Å²) in [7, 11) is 0. The molecule has 0 aliphatic heterocycles. The zero-order valence-corrected chi connectivity index (χ0v) is 13.3. The van der Waals surface area contributed by atoms with Gasteiger partial charge in [0.15, 0.2) is 0 Å². The van der Waals surface area contributed by atoms with Gasteiger partial charge < -0.3 is 5.32 Å². The fraction of sp³-hybridized carbons (Fsp3) is 0.111. The molecule has 3 rings (SSSR count). The Hall–Kier alpha value is -2.40. The number of halogens is 1. The summed E-state index contributed by atoms with van der Waals surface area (Å²) >= 11 is 1.39. The van der Waals surface area contributed by atoms with E-state index in [-0.39, 0.29) is 17.0 Å². The second kappa shape index (κ2) is 6.79. The van der Waals surface area contributed by atoms with E-state index < -0.39 is 0 Å². The highest BCUT2D eigenvalue weighted by atomic mass is 32.2. The van der Waals surface area contributed by atoms with Gasteiger partial charge in [-0.05, 0) is 43.3 Å². The summed E-state index contributed by atoms with van der Waals surface area (Å²) in [4.78, 5) is 16.8. The average molecular weight is 326 g/mol. The molecular weight excluding hydrogens is 311 g/mol. The highest BCUT2D eigenvalue weighted by molar-refractivity contribution is 8.00. The van der Waals surface area contributed by atoms with E-state index in [2.05, 4.69) is 10.3 Å². The molecule has 2 aromatic carbocycles. The van der Waals surface area contributed by atoms with Crippen LogP contribution in [0.2, 0.25) is 0 Å². The van der Waals surface area contributed by atoms with E-state index >= 15 is 0 Å². The molecule has 0 saturated heterocycles. The molecular formula is C18H15FN2OS. The summed E-state index contributed by atoms with van der Waals surface area (Å²) in [5.74, 6) is -0.470. The fourth-order valence-corrected chi connectivity index (χ4v) is 2.95. The van der Waals surface area contributed by atoms with Gasteiger partial charge in [-0.2, -0.15) is 0 Å². The zero-order valence-electron chi connectivity index (χ0n) is 12.5. The van der Waals surface area contributed by atoms with E-state index in [0.717, 1.165) is 15.9 Å². The first-order valence-electron chi connectivity index (χ1n) is 7.21. The molecule has 116 valence electrons. The van der Waals surface area contributed by atoms with Crippen molar-refractivity contribution in [1.29, 1.82) is 0 Å². The van der Waals surface area contributed by atoms with Gasteiger partial charge in [0.05, 0.1) is 15.8 Å². The van der Waals surface area contributed by atoms with Gasteiger partial charge in [0, 0.05) is 11.1 Å². The number of carbonyl (C=O) groups is 1. The van der Waals surface area contributed by atoms with Crippen LogP contribution in [0, 0.1) is 5.82 Å². The number of hydrogen-bond donors (Lipinski definition) is 1. The first-order valence-corrected chi connectivity index (χ1v) is 8.09. The summed E-state index contributed by atoms with van der Waals surface area (Å²) in [6.07, 6.45) is 0. The normalized spacial score (nSPS) is 12.1. The molecule has 1 atom stereocenters. The number of benzene rings is 2. The lowest BCUT2D eigenvalue weighted by Gasteiger charge is -2.12. The lowest BCUT2D eigenvalue weighted by molar-refractivity contribution is -0.115. The Morgan fingerprint density at radius 3 is 2.61 bits per heavy atom. The molecule has 0 aliphatic carbocycles. The third-order valence-corrected chi connectivity index (χ3v) is 4.39. The zero-order chi connectivity index (χ0) is 16.2. The molecule has 23 heavy (non-hydrogen) atoms. The second-order valence-corrected chi connectivity index (χ2v) is 6.46. The number of nitrogens with one attached hydrogen (secondary N) is 1. The quantitative estimate of drug-likeness (QED) is 0.718. The molecule has 5 heteroatoms. The van der Waals surface area contributed by atoms with Crippen molar-refractivity contribution in [3.05, 3.63) is 66.5 Å². The van der Waals surface area contributed by atoms with Crippen molar-refractivity contribution < 1.29 is 9.18 Å². The first kappa shape index (κ1) is 15.5. The molecule has 3 nitrogen and oxygen atoms in total. The minimum absolute atomic E-state index is 0.142. The van der Waals surface area contributed by atoms with Gasteiger partial charge in [-0.3, -0.25) is 4.79 Å². The maximum absolute atomic E-state index is 12.9. The van der Waals surface area contributed by atoms with Crippen LogP contribution in [0.5, 0.6) is 0 Å². The Labute approximate surface area is 137 Å². The average Bonchev–Trinajstić information content (AvgIpc) is 2.56. The summed E-state index contributed by atoms with van der Waals surface area (Å²) in [5, 5.41) is 4.33. The van der Waals surface area contributed by atoms with Gasteiger partial charge in [-0.15, -0.1) is 0 Å². The molecule has 1 heterocycles. The third kappa shape index (κ3) is 3.87. The summed E-state index contributed by atoms with van der Waals surface area (Å²) in [6.45, 7) is 1.82. The van der Waals surface area contributed by atoms with Gasteiger partial charge >= 0.3 is 0 Å². The molecule has 0 fully saturated rings. The van der Waals surface area contributed by atoms with E-state index in [1.165, 1.54) is 23.9 Å². The Morgan fingerprint density at radius 1 is 1.09 bits per heavy atom. The lowest BCUT2D eigenvalue weighted by Crippen LogP contribution is -2.22. The lowest BCUT2D eigenvalue weighted by atomic mass is 10.2. The van der Waals surface area contributed by atoms with Gasteiger partial charge in [-0.25, -0.2) is 9.37 Å². The SMILES string of the molecule is C[C@@H](Sc1ccc2ccccc2n1)C(=O)Nc1ccc(F)cc1. The number of aromatic nitrogens is 1. The highest BCUT2D eigenvalue weighted by Crippen LogP contribution is 2.24. The number of pyridine rings is 1. The number of rotatable bonds is 4. The Bertz CT molecular complexity index is 836. The van der Waals surface area contributed by atoms with Gasteiger partial charge in [0.2, 0.25) is 5.91 Å². The number of fused-ring (bicyclic) bond motifs is 1. The monoisotopic (exact) mass is 326 g/mol. The summed E-state index contributed by atoms with van der Waals surface area (Å²) in [5.41, 5.74) is 1.49. The van der Waals surface area contributed by atoms with Crippen molar-refractivity contribution in [2.45, 2.75) is 17.2 Å². The van der Waals surface area contributed by atoms with Gasteiger partial charge in [0.25, 0.3) is 0 Å². The van der Waals surface area contributed by atoms with Crippen LogP contribution in [-0.2, 0) is 4.79 Å². The highest BCUT2D eigenvalue weighted by Gasteiger charge is 2.15. The minimum atomic E-state index is -0.328. The topological polar surface area (TPSA) is 42.0 Å². The predicted molar refractivity (Wildman–Crippen MR) is 92.1 cm³/mol. The van der Waals surface area contributed by atoms with Crippen LogP contribution in [0.4, 0.5) is 10.1 Å². The first-order chi connectivity index (χ1) is 11.1. The van der Waals surface area contributed by atoms with Crippen molar-refractivity contribution >= 4 is 34.3 Å². The minimum Gasteiger partial charge on any atom is -0.325 e. The Balaban J connectivity index is 1.68. The smallest absolute Gasteiger partial charge is 0.237 e.